The van der Waals surface area contributed by atoms with Crippen LogP contribution in [-0.4, -0.2) is 28.8 Å². The third-order valence-corrected chi connectivity index (χ3v) is 6.55. The molecular weight excluding hydrogens is 455 g/mol. The predicted molar refractivity (Wildman–Crippen MR) is 127 cm³/mol. The Morgan fingerprint density at radius 1 is 1.03 bits per heavy atom. The van der Waals surface area contributed by atoms with E-state index in [4.69, 9.17) is 34.8 Å². The van der Waals surface area contributed by atoms with Crippen LogP contribution in [0.5, 0.6) is 0 Å². The number of halogens is 3. The molecule has 31 heavy (non-hydrogen) atoms. The van der Waals surface area contributed by atoms with Gasteiger partial charge in [0.2, 0.25) is 11.8 Å². The number of carbonyl (C=O) groups is 2. The van der Waals surface area contributed by atoms with Crippen molar-refractivity contribution in [2.45, 2.75) is 64.1 Å². The van der Waals surface area contributed by atoms with Crippen molar-refractivity contribution in [3.63, 3.8) is 0 Å². The van der Waals surface area contributed by atoms with Crippen LogP contribution in [0.15, 0.2) is 42.5 Å². The second-order valence-electron chi connectivity index (χ2n) is 7.97. The molecular formula is C24H27Cl3N2O2. The van der Waals surface area contributed by atoms with E-state index in [0.717, 1.165) is 36.8 Å². The van der Waals surface area contributed by atoms with Crippen molar-refractivity contribution in [3.05, 3.63) is 68.7 Å². The van der Waals surface area contributed by atoms with E-state index in [9.17, 15) is 9.59 Å². The van der Waals surface area contributed by atoms with E-state index >= 15 is 0 Å². The van der Waals surface area contributed by atoms with Crippen LogP contribution in [0.2, 0.25) is 15.1 Å². The normalized spacial score (nSPS) is 15.0. The molecule has 0 bridgehead atoms. The summed E-state index contributed by atoms with van der Waals surface area (Å²) in [6.07, 6.45) is 4.92. The number of hydrogen-bond acceptors (Lipinski definition) is 2. The molecule has 2 aromatic carbocycles. The lowest BCUT2D eigenvalue weighted by Crippen LogP contribution is -2.51. The van der Waals surface area contributed by atoms with E-state index in [-0.39, 0.29) is 30.8 Å². The topological polar surface area (TPSA) is 49.4 Å². The minimum atomic E-state index is -0.577. The Balaban J connectivity index is 1.84. The average Bonchev–Trinajstić information content (AvgIpc) is 3.24. The van der Waals surface area contributed by atoms with Crippen molar-refractivity contribution in [2.75, 3.05) is 0 Å². The molecule has 1 aliphatic carbocycles. The standard InChI is InChI=1S/C24H27Cl3N2O2/c1-2-22(24(31)28-20-5-3-4-6-20)29(15-17-9-12-19(26)14-21(17)27)23(30)13-16-7-10-18(25)11-8-16/h7-12,14,20,22H,2-6,13,15H2,1H3,(H,28,31). The lowest BCUT2D eigenvalue weighted by molar-refractivity contribution is -0.141. The Bertz CT molecular complexity index is 912. The maximum Gasteiger partial charge on any atom is 0.243 e. The van der Waals surface area contributed by atoms with Crippen molar-refractivity contribution in [3.8, 4) is 0 Å². The first kappa shape index (κ1) is 23.9. The van der Waals surface area contributed by atoms with Gasteiger partial charge in [-0.05, 0) is 54.7 Å². The maximum absolute atomic E-state index is 13.4. The summed E-state index contributed by atoms with van der Waals surface area (Å²) in [6, 6.07) is 12.0. The van der Waals surface area contributed by atoms with Crippen molar-refractivity contribution >= 4 is 46.6 Å². The average molecular weight is 482 g/mol. The molecule has 166 valence electrons. The molecule has 0 aliphatic heterocycles. The Kier molecular flexibility index (Phi) is 8.65. The van der Waals surface area contributed by atoms with Crippen LogP contribution >= 0.6 is 34.8 Å². The monoisotopic (exact) mass is 480 g/mol. The molecule has 0 spiro atoms. The minimum Gasteiger partial charge on any atom is -0.352 e. The highest BCUT2D eigenvalue weighted by atomic mass is 35.5. The second-order valence-corrected chi connectivity index (χ2v) is 9.25. The lowest BCUT2D eigenvalue weighted by atomic mass is 10.1. The molecule has 0 saturated heterocycles. The third kappa shape index (κ3) is 6.61. The van der Waals surface area contributed by atoms with Gasteiger partial charge in [0.15, 0.2) is 0 Å². The number of nitrogens with zero attached hydrogens (tertiary/aromatic N) is 1. The van der Waals surface area contributed by atoms with Crippen LogP contribution in [0.4, 0.5) is 0 Å². The number of benzene rings is 2. The maximum atomic E-state index is 13.4. The fourth-order valence-electron chi connectivity index (χ4n) is 4.00. The summed E-state index contributed by atoms with van der Waals surface area (Å²) in [7, 11) is 0. The van der Waals surface area contributed by atoms with Gasteiger partial charge in [-0.15, -0.1) is 0 Å². The van der Waals surface area contributed by atoms with E-state index in [1.165, 1.54) is 0 Å². The Labute approximate surface area is 198 Å². The third-order valence-electron chi connectivity index (χ3n) is 5.71. The van der Waals surface area contributed by atoms with Crippen molar-refractivity contribution in [1.82, 2.24) is 10.2 Å². The van der Waals surface area contributed by atoms with Gasteiger partial charge < -0.3 is 10.2 Å². The molecule has 0 heterocycles. The molecule has 1 N–H and O–H groups in total. The van der Waals surface area contributed by atoms with Gasteiger partial charge in [-0.3, -0.25) is 9.59 Å². The van der Waals surface area contributed by atoms with Gasteiger partial charge in [0, 0.05) is 27.7 Å². The van der Waals surface area contributed by atoms with Gasteiger partial charge in [0.05, 0.1) is 6.42 Å². The van der Waals surface area contributed by atoms with Crippen LogP contribution in [0.3, 0.4) is 0 Å². The van der Waals surface area contributed by atoms with E-state index in [1.807, 2.05) is 19.1 Å². The highest BCUT2D eigenvalue weighted by molar-refractivity contribution is 6.35. The molecule has 1 unspecified atom stereocenters. The molecule has 7 heteroatoms. The Hall–Kier alpha value is -1.75. The quantitative estimate of drug-likeness (QED) is 0.498. The van der Waals surface area contributed by atoms with Gasteiger partial charge in [0.1, 0.15) is 6.04 Å². The fraction of sp³-hybridized carbons (Fsp3) is 0.417. The van der Waals surface area contributed by atoms with Crippen LogP contribution in [0.25, 0.3) is 0 Å². The number of nitrogens with one attached hydrogen (secondary N) is 1. The lowest BCUT2D eigenvalue weighted by Gasteiger charge is -2.32. The molecule has 1 atom stereocenters. The molecule has 0 radical (unpaired) electrons. The van der Waals surface area contributed by atoms with E-state index < -0.39 is 6.04 Å². The summed E-state index contributed by atoms with van der Waals surface area (Å²) >= 11 is 18.4. The molecule has 4 nitrogen and oxygen atoms in total. The summed E-state index contributed by atoms with van der Waals surface area (Å²) in [5.74, 6) is -0.245. The molecule has 1 aliphatic rings. The summed E-state index contributed by atoms with van der Waals surface area (Å²) in [4.78, 5) is 28.1. The molecule has 1 saturated carbocycles. The highest BCUT2D eigenvalue weighted by Crippen LogP contribution is 2.25. The van der Waals surface area contributed by atoms with Crippen LogP contribution in [0.1, 0.15) is 50.2 Å². The zero-order valence-corrected chi connectivity index (χ0v) is 19.8. The largest absolute Gasteiger partial charge is 0.352 e. The zero-order chi connectivity index (χ0) is 22.4. The van der Waals surface area contributed by atoms with Crippen molar-refractivity contribution < 1.29 is 9.59 Å². The summed E-state index contributed by atoms with van der Waals surface area (Å²) in [6.45, 7) is 2.16. The van der Waals surface area contributed by atoms with E-state index in [2.05, 4.69) is 5.32 Å². The first-order valence-corrected chi connectivity index (χ1v) is 11.8. The second kappa shape index (κ2) is 11.2. The number of amides is 2. The van der Waals surface area contributed by atoms with Crippen molar-refractivity contribution in [2.24, 2.45) is 0 Å². The van der Waals surface area contributed by atoms with Gasteiger partial charge >= 0.3 is 0 Å². The Morgan fingerprint density at radius 3 is 2.29 bits per heavy atom. The first-order chi connectivity index (χ1) is 14.9. The number of hydrogen-bond donors (Lipinski definition) is 1. The smallest absolute Gasteiger partial charge is 0.243 e. The van der Waals surface area contributed by atoms with Crippen LogP contribution in [0, 0.1) is 0 Å². The van der Waals surface area contributed by atoms with E-state index in [1.54, 1.807) is 35.2 Å². The molecule has 2 amide bonds. The van der Waals surface area contributed by atoms with E-state index in [0.29, 0.717) is 21.5 Å². The van der Waals surface area contributed by atoms with Gasteiger partial charge in [0.25, 0.3) is 0 Å². The van der Waals surface area contributed by atoms with Crippen LogP contribution in [-0.2, 0) is 22.6 Å². The molecule has 0 aromatic heterocycles. The van der Waals surface area contributed by atoms with Crippen LogP contribution < -0.4 is 5.32 Å². The first-order valence-electron chi connectivity index (χ1n) is 10.7. The highest BCUT2D eigenvalue weighted by Gasteiger charge is 2.31. The molecule has 1 fully saturated rings. The predicted octanol–water partition coefficient (Wildman–Crippen LogP) is 6.06. The van der Waals surface area contributed by atoms with Gasteiger partial charge in [-0.2, -0.15) is 0 Å². The summed E-state index contributed by atoms with van der Waals surface area (Å²) in [5.41, 5.74) is 1.59. The molecule has 2 aromatic rings. The number of rotatable bonds is 8. The fourth-order valence-corrected chi connectivity index (χ4v) is 4.59. The molecule has 3 rings (SSSR count). The van der Waals surface area contributed by atoms with Gasteiger partial charge in [-0.25, -0.2) is 0 Å². The zero-order valence-electron chi connectivity index (χ0n) is 17.5. The number of carbonyl (C=O) groups excluding carboxylic acids is 2. The minimum absolute atomic E-state index is 0.107. The SMILES string of the molecule is CCC(C(=O)NC1CCCC1)N(Cc1ccc(Cl)cc1Cl)C(=O)Cc1ccc(Cl)cc1. The van der Waals surface area contributed by atoms with Gasteiger partial charge in [-0.1, -0.05) is 72.8 Å². The summed E-state index contributed by atoms with van der Waals surface area (Å²) in [5, 5.41) is 4.76. The van der Waals surface area contributed by atoms with Crippen molar-refractivity contribution in [1.29, 1.82) is 0 Å². The summed E-state index contributed by atoms with van der Waals surface area (Å²) < 4.78 is 0. The Morgan fingerprint density at radius 2 is 1.68 bits per heavy atom.